The van der Waals surface area contributed by atoms with Gasteiger partial charge in [0.15, 0.2) is 0 Å². The number of hydrogen-bond donors (Lipinski definition) is 1. The highest BCUT2D eigenvalue weighted by atomic mass is 32.1. The van der Waals surface area contributed by atoms with Gasteiger partial charge in [0.05, 0.1) is 0 Å². The molecular weight excluding hydrogens is 262 g/mol. The van der Waals surface area contributed by atoms with Crippen molar-refractivity contribution in [3.05, 3.63) is 5.82 Å². The van der Waals surface area contributed by atoms with Crippen LogP contribution in [-0.2, 0) is 11.2 Å². The van der Waals surface area contributed by atoms with Crippen LogP contribution in [0.3, 0.4) is 0 Å². The Morgan fingerprint density at radius 2 is 2.42 bits per heavy atom. The van der Waals surface area contributed by atoms with Gasteiger partial charge < -0.3 is 10.0 Å². The number of aromatic nitrogens is 2. The molecule has 0 bridgehead atoms. The molecule has 1 saturated heterocycles. The molecule has 0 amide bonds. The molecule has 1 aromatic heterocycles. The van der Waals surface area contributed by atoms with Gasteiger partial charge in [-0.15, -0.1) is 0 Å². The van der Waals surface area contributed by atoms with E-state index in [4.69, 9.17) is 5.11 Å². The summed E-state index contributed by atoms with van der Waals surface area (Å²) < 4.78 is 4.32. The van der Waals surface area contributed by atoms with E-state index in [-0.39, 0.29) is 12.3 Å². The van der Waals surface area contributed by atoms with Crippen LogP contribution in [0.25, 0.3) is 0 Å². The van der Waals surface area contributed by atoms with Crippen molar-refractivity contribution in [2.24, 2.45) is 11.8 Å². The first-order valence-electron chi connectivity index (χ1n) is 6.89. The minimum Gasteiger partial charge on any atom is -0.481 e. The van der Waals surface area contributed by atoms with E-state index in [0.717, 1.165) is 43.3 Å². The molecule has 0 aliphatic carbocycles. The van der Waals surface area contributed by atoms with Gasteiger partial charge in [-0.1, -0.05) is 13.8 Å². The van der Waals surface area contributed by atoms with Crippen molar-refractivity contribution in [1.29, 1.82) is 0 Å². The normalized spacial score (nSPS) is 21.4. The second kappa shape index (κ2) is 6.32. The van der Waals surface area contributed by atoms with Crippen LogP contribution in [0.1, 0.15) is 38.9 Å². The fraction of sp³-hybridized carbons (Fsp3) is 0.769. The number of hydrogen-bond acceptors (Lipinski definition) is 5. The number of aliphatic carboxylic acids is 1. The van der Waals surface area contributed by atoms with E-state index >= 15 is 0 Å². The largest absolute Gasteiger partial charge is 0.481 e. The van der Waals surface area contributed by atoms with Crippen LogP contribution < -0.4 is 4.90 Å². The fourth-order valence-electron chi connectivity index (χ4n) is 2.61. The van der Waals surface area contributed by atoms with Gasteiger partial charge in [0.2, 0.25) is 5.13 Å². The molecule has 2 atom stereocenters. The van der Waals surface area contributed by atoms with Crippen LogP contribution in [0.2, 0.25) is 0 Å². The molecule has 0 radical (unpaired) electrons. The quantitative estimate of drug-likeness (QED) is 0.899. The molecule has 2 heterocycles. The first-order valence-corrected chi connectivity index (χ1v) is 7.66. The summed E-state index contributed by atoms with van der Waals surface area (Å²) in [6.45, 7) is 6.01. The zero-order valence-corrected chi connectivity index (χ0v) is 12.3. The maximum Gasteiger partial charge on any atom is 0.303 e. The lowest BCUT2D eigenvalue weighted by atomic mass is 9.85. The molecule has 5 nitrogen and oxygen atoms in total. The number of rotatable bonds is 5. The smallest absolute Gasteiger partial charge is 0.303 e. The summed E-state index contributed by atoms with van der Waals surface area (Å²) in [7, 11) is 0. The van der Waals surface area contributed by atoms with Crippen LogP contribution in [0.15, 0.2) is 0 Å². The second-order valence-electron chi connectivity index (χ2n) is 5.27. The average Bonchev–Trinajstić information content (AvgIpc) is 2.87. The Kier molecular flexibility index (Phi) is 4.74. The zero-order chi connectivity index (χ0) is 13.8. The molecule has 1 aliphatic rings. The van der Waals surface area contributed by atoms with Gasteiger partial charge in [-0.3, -0.25) is 4.79 Å². The van der Waals surface area contributed by atoms with E-state index in [0.29, 0.717) is 5.92 Å². The Hall–Kier alpha value is -1.17. The topological polar surface area (TPSA) is 66.3 Å². The molecule has 6 heteroatoms. The molecule has 106 valence electrons. The summed E-state index contributed by atoms with van der Waals surface area (Å²) in [4.78, 5) is 17.6. The van der Waals surface area contributed by atoms with Crippen molar-refractivity contribution in [2.45, 2.75) is 39.5 Å². The first kappa shape index (κ1) is 14.2. The van der Waals surface area contributed by atoms with Gasteiger partial charge in [0, 0.05) is 37.5 Å². The summed E-state index contributed by atoms with van der Waals surface area (Å²) >= 11 is 1.46. The Bertz CT molecular complexity index is 435. The second-order valence-corrected chi connectivity index (χ2v) is 6.00. The predicted octanol–water partition coefficient (Wildman–Crippen LogP) is 2.43. The van der Waals surface area contributed by atoms with Crippen LogP contribution >= 0.6 is 11.5 Å². The molecule has 2 unspecified atom stereocenters. The van der Waals surface area contributed by atoms with Gasteiger partial charge in [-0.25, -0.2) is 4.98 Å². The third-order valence-corrected chi connectivity index (χ3v) is 4.62. The standard InChI is InChI=1S/C13H21N3O2S/c1-3-11-14-13(19-15-11)16-6-4-5-10(8-16)9(2)7-12(17)18/h9-10H,3-8H2,1-2H3,(H,17,18). The van der Waals surface area contributed by atoms with E-state index < -0.39 is 5.97 Å². The lowest BCUT2D eigenvalue weighted by molar-refractivity contribution is -0.138. The Balaban J connectivity index is 1.98. The molecule has 1 aliphatic heterocycles. The minimum absolute atomic E-state index is 0.221. The number of anilines is 1. The maximum absolute atomic E-state index is 10.8. The number of carboxylic acids is 1. The molecule has 1 N–H and O–H groups in total. The van der Waals surface area contributed by atoms with Gasteiger partial charge in [0.25, 0.3) is 0 Å². The van der Waals surface area contributed by atoms with Crippen molar-refractivity contribution >= 4 is 22.6 Å². The van der Waals surface area contributed by atoms with Gasteiger partial charge in [-0.2, -0.15) is 4.37 Å². The molecule has 1 aromatic rings. The molecule has 2 rings (SSSR count). The van der Waals surface area contributed by atoms with Crippen molar-refractivity contribution in [1.82, 2.24) is 9.36 Å². The van der Waals surface area contributed by atoms with Gasteiger partial charge in [0.1, 0.15) is 5.82 Å². The third kappa shape index (κ3) is 3.65. The van der Waals surface area contributed by atoms with Crippen LogP contribution in [-0.4, -0.2) is 33.5 Å². The molecule has 0 aromatic carbocycles. The minimum atomic E-state index is -0.700. The number of carboxylic acid groups (broad SMARTS) is 1. The van der Waals surface area contributed by atoms with Crippen molar-refractivity contribution in [2.75, 3.05) is 18.0 Å². The molecule has 19 heavy (non-hydrogen) atoms. The van der Waals surface area contributed by atoms with E-state index in [1.807, 2.05) is 6.92 Å². The SMILES string of the molecule is CCc1nsc(N2CCCC(C(C)CC(=O)O)C2)n1. The van der Waals surface area contributed by atoms with E-state index in [9.17, 15) is 4.79 Å². The summed E-state index contributed by atoms with van der Waals surface area (Å²) in [5.41, 5.74) is 0. The van der Waals surface area contributed by atoms with E-state index in [2.05, 4.69) is 21.2 Å². The average molecular weight is 283 g/mol. The van der Waals surface area contributed by atoms with Crippen LogP contribution in [0.4, 0.5) is 5.13 Å². The molecule has 0 spiro atoms. The van der Waals surface area contributed by atoms with E-state index in [1.165, 1.54) is 11.5 Å². The van der Waals surface area contributed by atoms with Gasteiger partial charge >= 0.3 is 5.97 Å². The Labute approximate surface area is 117 Å². The van der Waals surface area contributed by atoms with Crippen molar-refractivity contribution < 1.29 is 9.90 Å². The highest BCUT2D eigenvalue weighted by Crippen LogP contribution is 2.30. The van der Waals surface area contributed by atoms with Crippen LogP contribution in [0, 0.1) is 11.8 Å². The Morgan fingerprint density at radius 3 is 3.05 bits per heavy atom. The van der Waals surface area contributed by atoms with Crippen molar-refractivity contribution in [3.8, 4) is 0 Å². The molecule has 1 fully saturated rings. The lowest BCUT2D eigenvalue weighted by Crippen LogP contribution is -2.38. The summed E-state index contributed by atoms with van der Waals surface area (Å²) in [5.74, 6) is 0.868. The monoisotopic (exact) mass is 283 g/mol. The highest BCUT2D eigenvalue weighted by molar-refractivity contribution is 7.09. The van der Waals surface area contributed by atoms with Crippen LogP contribution in [0.5, 0.6) is 0 Å². The predicted molar refractivity (Wildman–Crippen MR) is 75.6 cm³/mol. The summed E-state index contributed by atoms with van der Waals surface area (Å²) in [6, 6.07) is 0. The maximum atomic E-state index is 10.8. The molecule has 0 saturated carbocycles. The number of carbonyl (C=O) groups is 1. The number of aryl methyl sites for hydroxylation is 1. The zero-order valence-electron chi connectivity index (χ0n) is 11.5. The Morgan fingerprint density at radius 1 is 1.63 bits per heavy atom. The van der Waals surface area contributed by atoms with Gasteiger partial charge in [-0.05, 0) is 24.7 Å². The van der Waals surface area contributed by atoms with Crippen molar-refractivity contribution in [3.63, 3.8) is 0 Å². The summed E-state index contributed by atoms with van der Waals surface area (Å²) in [5, 5.41) is 9.89. The third-order valence-electron chi connectivity index (χ3n) is 3.80. The number of piperidine rings is 1. The fourth-order valence-corrected chi connectivity index (χ4v) is 3.39. The first-order chi connectivity index (χ1) is 9.10. The van der Waals surface area contributed by atoms with E-state index in [1.54, 1.807) is 0 Å². The summed E-state index contributed by atoms with van der Waals surface area (Å²) in [6.07, 6.45) is 3.35. The number of nitrogens with zero attached hydrogens (tertiary/aromatic N) is 3. The molecular formula is C13H21N3O2S. The highest BCUT2D eigenvalue weighted by Gasteiger charge is 2.27. The lowest BCUT2D eigenvalue weighted by Gasteiger charge is -2.35.